The number of rotatable bonds is 4. The standard InChI is InChI=1S/C18H12N2O10S2/c21-9-3-1-7(5-11(9)31(25,26)27)15-13-14(18(24)19-15)16(20-17(13)23)8-2-4-10(22)12(6-8)32(28,29)30/h1-6,19,21-22,24H,(H,25,26,27)(H,28,29,30). The molecule has 12 nitrogen and oxygen atoms in total. The van der Waals surface area contributed by atoms with E-state index in [1.807, 2.05) is 0 Å². The minimum absolute atomic E-state index is 0.00102. The number of phenols is 2. The topological polar surface area (TPSA) is 215 Å². The van der Waals surface area contributed by atoms with E-state index in [0.29, 0.717) is 0 Å². The van der Waals surface area contributed by atoms with Gasteiger partial charge in [-0.25, -0.2) is 4.99 Å². The fraction of sp³-hybridized carbons (Fsp3) is 0. The molecule has 1 amide bonds. The van der Waals surface area contributed by atoms with Gasteiger partial charge in [0.15, 0.2) is 5.88 Å². The van der Waals surface area contributed by atoms with Gasteiger partial charge in [-0.3, -0.25) is 13.9 Å². The van der Waals surface area contributed by atoms with Crippen LogP contribution in [0.2, 0.25) is 0 Å². The van der Waals surface area contributed by atoms with Gasteiger partial charge in [0.2, 0.25) is 0 Å². The SMILES string of the molecule is O=C1N=C(c2ccc(O)c(S(=O)(=O)O)c2)c2c(O)[nH]c(-c3ccc(O)c(S(=O)(=O)O)c3)c21. The van der Waals surface area contributed by atoms with Crippen molar-refractivity contribution in [1.82, 2.24) is 4.98 Å². The third kappa shape index (κ3) is 3.40. The highest BCUT2D eigenvalue weighted by molar-refractivity contribution is 7.86. The zero-order chi connectivity index (χ0) is 23.6. The van der Waals surface area contributed by atoms with Gasteiger partial charge in [-0.05, 0) is 36.4 Å². The Hall–Kier alpha value is -3.72. The molecule has 0 spiro atoms. The average molecular weight is 480 g/mol. The largest absolute Gasteiger partial charge is 0.506 e. The number of aromatic amines is 1. The highest BCUT2D eigenvalue weighted by Crippen LogP contribution is 2.40. The van der Waals surface area contributed by atoms with Crippen molar-refractivity contribution in [3.8, 4) is 28.6 Å². The van der Waals surface area contributed by atoms with Crippen LogP contribution in [0.5, 0.6) is 17.4 Å². The number of phenolic OH excluding ortho intramolecular Hbond substituents is 2. The molecule has 3 aromatic rings. The number of hydrogen-bond acceptors (Lipinski definition) is 8. The summed E-state index contributed by atoms with van der Waals surface area (Å²) in [4.78, 5) is 17.2. The fourth-order valence-corrected chi connectivity index (χ4v) is 4.53. The summed E-state index contributed by atoms with van der Waals surface area (Å²) in [6.45, 7) is 0. The maximum atomic E-state index is 12.6. The Labute approximate surface area is 179 Å². The number of aliphatic imine (C=N–C) groups is 1. The first-order chi connectivity index (χ1) is 14.8. The molecule has 0 aliphatic carbocycles. The number of amides is 1. The van der Waals surface area contributed by atoms with Crippen LogP contribution in [0.3, 0.4) is 0 Å². The Bertz CT molecular complexity index is 1570. The van der Waals surface area contributed by atoms with Gasteiger partial charge < -0.3 is 20.3 Å². The van der Waals surface area contributed by atoms with E-state index in [2.05, 4.69) is 9.98 Å². The van der Waals surface area contributed by atoms with Crippen LogP contribution in [0.1, 0.15) is 21.5 Å². The lowest BCUT2D eigenvalue weighted by Crippen LogP contribution is -2.04. The first kappa shape index (κ1) is 21.5. The highest BCUT2D eigenvalue weighted by Gasteiger charge is 2.34. The summed E-state index contributed by atoms with van der Waals surface area (Å²) in [6.07, 6.45) is 0. The van der Waals surface area contributed by atoms with E-state index in [0.717, 1.165) is 24.3 Å². The number of carbonyl (C=O) groups is 1. The Balaban J connectivity index is 1.90. The van der Waals surface area contributed by atoms with Gasteiger partial charge in [0.05, 0.1) is 22.5 Å². The lowest BCUT2D eigenvalue weighted by Gasteiger charge is -2.06. The molecule has 4 rings (SSSR count). The minimum atomic E-state index is -4.81. The molecule has 32 heavy (non-hydrogen) atoms. The van der Waals surface area contributed by atoms with Crippen molar-refractivity contribution < 1.29 is 46.1 Å². The lowest BCUT2D eigenvalue weighted by atomic mass is 10.00. The molecular formula is C18H12N2O10S2. The molecule has 0 saturated heterocycles. The van der Waals surface area contributed by atoms with E-state index in [-0.39, 0.29) is 33.7 Å². The zero-order valence-electron chi connectivity index (χ0n) is 15.5. The molecule has 14 heteroatoms. The maximum absolute atomic E-state index is 12.6. The van der Waals surface area contributed by atoms with E-state index in [1.54, 1.807) is 0 Å². The molecule has 0 bridgehead atoms. The summed E-state index contributed by atoms with van der Waals surface area (Å²) in [5.74, 6) is -2.93. The molecular weight excluding hydrogens is 468 g/mol. The third-order valence-corrected chi connectivity index (χ3v) is 6.45. The molecule has 1 aliphatic heterocycles. The molecule has 0 atom stereocenters. The fourth-order valence-electron chi connectivity index (χ4n) is 3.31. The molecule has 0 fully saturated rings. The number of nitrogens with one attached hydrogen (secondary N) is 1. The number of benzene rings is 2. The molecule has 2 heterocycles. The normalized spacial score (nSPS) is 13.8. The monoisotopic (exact) mass is 480 g/mol. The second-order valence-electron chi connectivity index (χ2n) is 6.68. The summed E-state index contributed by atoms with van der Waals surface area (Å²) >= 11 is 0. The second-order valence-corrected chi connectivity index (χ2v) is 9.46. The van der Waals surface area contributed by atoms with Crippen LogP contribution in [-0.4, -0.2) is 57.9 Å². The van der Waals surface area contributed by atoms with Crippen molar-refractivity contribution in [1.29, 1.82) is 0 Å². The van der Waals surface area contributed by atoms with Crippen molar-refractivity contribution in [2.45, 2.75) is 9.79 Å². The van der Waals surface area contributed by atoms with Crippen molar-refractivity contribution in [2.24, 2.45) is 4.99 Å². The molecule has 6 N–H and O–H groups in total. The first-order valence-electron chi connectivity index (χ1n) is 8.49. The smallest absolute Gasteiger partial charge is 0.298 e. The number of nitrogens with zero attached hydrogens (tertiary/aromatic N) is 1. The van der Waals surface area contributed by atoms with Gasteiger partial charge in [-0.1, -0.05) is 0 Å². The van der Waals surface area contributed by atoms with Crippen molar-refractivity contribution >= 4 is 31.9 Å². The van der Waals surface area contributed by atoms with Crippen molar-refractivity contribution in [2.75, 3.05) is 0 Å². The van der Waals surface area contributed by atoms with Crippen LogP contribution < -0.4 is 0 Å². The van der Waals surface area contributed by atoms with Crippen LogP contribution in [0.4, 0.5) is 0 Å². The van der Waals surface area contributed by atoms with Gasteiger partial charge in [-0.2, -0.15) is 16.8 Å². The Kier molecular flexibility index (Phi) is 4.63. The van der Waals surface area contributed by atoms with Crippen LogP contribution in [-0.2, 0) is 20.2 Å². The summed E-state index contributed by atoms with van der Waals surface area (Å²) < 4.78 is 64.4. The van der Waals surface area contributed by atoms with Gasteiger partial charge in [0, 0.05) is 11.1 Å². The maximum Gasteiger partial charge on any atom is 0.298 e. The molecule has 1 aromatic heterocycles. The third-order valence-electron chi connectivity index (χ3n) is 4.68. The second kappa shape index (κ2) is 6.89. The number of H-pyrrole nitrogens is 1. The van der Waals surface area contributed by atoms with Gasteiger partial charge >= 0.3 is 0 Å². The minimum Gasteiger partial charge on any atom is -0.506 e. The molecule has 0 radical (unpaired) electrons. The van der Waals surface area contributed by atoms with E-state index >= 15 is 0 Å². The molecule has 1 aliphatic rings. The summed E-state index contributed by atoms with van der Waals surface area (Å²) in [6, 6.07) is 6.06. The Morgan fingerprint density at radius 3 is 1.78 bits per heavy atom. The van der Waals surface area contributed by atoms with Gasteiger partial charge in [0.25, 0.3) is 26.1 Å². The molecule has 0 unspecified atom stereocenters. The molecule has 166 valence electrons. The molecule has 2 aromatic carbocycles. The van der Waals surface area contributed by atoms with E-state index in [4.69, 9.17) is 0 Å². The summed E-state index contributed by atoms with van der Waals surface area (Å²) in [7, 11) is -9.62. The number of aromatic nitrogens is 1. The highest BCUT2D eigenvalue weighted by atomic mass is 32.2. The molecule has 0 saturated carbocycles. The van der Waals surface area contributed by atoms with Crippen LogP contribution in [0, 0.1) is 0 Å². The van der Waals surface area contributed by atoms with Crippen LogP contribution in [0.25, 0.3) is 11.3 Å². The van der Waals surface area contributed by atoms with Crippen molar-refractivity contribution in [3.05, 3.63) is 53.1 Å². The predicted molar refractivity (Wildman–Crippen MR) is 107 cm³/mol. The number of fused-ring (bicyclic) bond motifs is 1. The first-order valence-corrected chi connectivity index (χ1v) is 11.4. The number of aromatic hydroxyl groups is 3. The summed E-state index contributed by atoms with van der Waals surface area (Å²) in [5.41, 5.74) is -0.623. The van der Waals surface area contributed by atoms with Crippen LogP contribution in [0.15, 0.2) is 51.2 Å². The van der Waals surface area contributed by atoms with Gasteiger partial charge in [-0.15, -0.1) is 0 Å². The number of carbonyl (C=O) groups excluding carboxylic acids is 1. The average Bonchev–Trinajstić information content (AvgIpc) is 3.19. The Morgan fingerprint density at radius 2 is 1.25 bits per heavy atom. The van der Waals surface area contributed by atoms with Gasteiger partial charge in [0.1, 0.15) is 21.3 Å². The number of hydrogen-bond donors (Lipinski definition) is 6. The predicted octanol–water partition coefficient (Wildman–Crippen LogP) is 1.28. The van der Waals surface area contributed by atoms with E-state index in [1.165, 1.54) is 12.1 Å². The zero-order valence-corrected chi connectivity index (χ0v) is 17.1. The quantitative estimate of drug-likeness (QED) is 0.294. The van der Waals surface area contributed by atoms with Crippen LogP contribution >= 0.6 is 0 Å². The summed E-state index contributed by atoms with van der Waals surface area (Å²) in [5, 5.41) is 29.8. The Morgan fingerprint density at radius 1 is 0.750 bits per heavy atom. The lowest BCUT2D eigenvalue weighted by molar-refractivity contribution is 0.101. The van der Waals surface area contributed by atoms with Crippen molar-refractivity contribution in [3.63, 3.8) is 0 Å². The van der Waals surface area contributed by atoms with E-state index in [9.17, 15) is 46.1 Å². The van der Waals surface area contributed by atoms with E-state index < -0.39 is 53.3 Å².